The number of aryl methyl sites for hydroxylation is 1. The monoisotopic (exact) mass is 457 g/mol. The Morgan fingerprint density at radius 1 is 1.15 bits per heavy atom. The van der Waals surface area contributed by atoms with Crippen molar-refractivity contribution in [2.45, 2.75) is 63.6 Å². The van der Waals surface area contributed by atoms with Crippen LogP contribution in [0.2, 0.25) is 0 Å². The number of nitrogens with zero attached hydrogens (tertiary/aromatic N) is 6. The third-order valence-electron chi connectivity index (χ3n) is 7.39. The van der Waals surface area contributed by atoms with Crippen LogP contribution in [0.3, 0.4) is 0 Å². The van der Waals surface area contributed by atoms with Gasteiger partial charge in [-0.05, 0) is 64.7 Å². The Kier molecular flexibility index (Phi) is 4.36. The van der Waals surface area contributed by atoms with Gasteiger partial charge in [0.2, 0.25) is 0 Å². The molecule has 2 fully saturated rings. The molecule has 6 heterocycles. The van der Waals surface area contributed by atoms with E-state index in [9.17, 15) is 5.26 Å². The predicted molar refractivity (Wildman–Crippen MR) is 132 cm³/mol. The van der Waals surface area contributed by atoms with Crippen molar-refractivity contribution >= 4 is 32.5 Å². The number of nitriles is 1. The normalized spacial score (nSPS) is 26.7. The number of rotatable bonds is 3. The summed E-state index contributed by atoms with van der Waals surface area (Å²) in [7, 11) is 2.18. The zero-order chi connectivity index (χ0) is 23.0. The van der Waals surface area contributed by atoms with Crippen LogP contribution in [0.5, 0.6) is 0 Å². The highest BCUT2D eigenvalue weighted by Crippen LogP contribution is 2.44. The first kappa shape index (κ1) is 20.6. The van der Waals surface area contributed by atoms with Crippen molar-refractivity contribution in [3.63, 3.8) is 0 Å². The van der Waals surface area contributed by atoms with Crippen molar-refractivity contribution in [3.8, 4) is 17.3 Å². The molecule has 33 heavy (non-hydrogen) atoms. The Bertz CT molecular complexity index is 1430. The number of fused-ring (bicyclic) bond motifs is 4. The second-order valence-electron chi connectivity index (χ2n) is 10.3. The number of aromatic nitrogens is 4. The second kappa shape index (κ2) is 6.99. The van der Waals surface area contributed by atoms with Gasteiger partial charge in [-0.15, -0.1) is 0 Å². The molecule has 2 bridgehead atoms. The van der Waals surface area contributed by atoms with Crippen LogP contribution in [0.4, 0.5) is 5.13 Å². The molecule has 6 rings (SSSR count). The average molecular weight is 458 g/mol. The van der Waals surface area contributed by atoms with Crippen molar-refractivity contribution in [2.24, 2.45) is 0 Å². The van der Waals surface area contributed by atoms with Gasteiger partial charge in [-0.3, -0.25) is 0 Å². The van der Waals surface area contributed by atoms with Gasteiger partial charge in [-0.2, -0.15) is 5.26 Å². The van der Waals surface area contributed by atoms with Gasteiger partial charge in [0, 0.05) is 42.1 Å². The quantitative estimate of drug-likeness (QED) is 0.481. The van der Waals surface area contributed by atoms with Crippen molar-refractivity contribution in [3.05, 3.63) is 41.9 Å². The summed E-state index contributed by atoms with van der Waals surface area (Å²) in [6.45, 7) is 6.65. The summed E-state index contributed by atoms with van der Waals surface area (Å²) in [5.41, 5.74) is 5.21. The van der Waals surface area contributed by atoms with Crippen LogP contribution >= 0.6 is 11.3 Å². The molecule has 4 aromatic rings. The molecule has 0 saturated carbocycles. The Morgan fingerprint density at radius 2 is 1.91 bits per heavy atom. The van der Waals surface area contributed by atoms with Crippen molar-refractivity contribution < 1.29 is 0 Å². The number of nitrogens with one attached hydrogen (secondary N) is 1. The summed E-state index contributed by atoms with van der Waals surface area (Å²) in [4.78, 5) is 17.6. The number of anilines is 1. The number of thiazole rings is 1. The first-order valence-corrected chi connectivity index (χ1v) is 12.3. The van der Waals surface area contributed by atoms with Crippen molar-refractivity contribution in [1.29, 1.82) is 5.26 Å². The highest BCUT2D eigenvalue weighted by Gasteiger charge is 2.49. The van der Waals surface area contributed by atoms with E-state index < -0.39 is 0 Å². The van der Waals surface area contributed by atoms with Crippen molar-refractivity contribution in [1.82, 2.24) is 24.7 Å². The van der Waals surface area contributed by atoms with Crippen LogP contribution in [0, 0.1) is 18.3 Å². The SMILES string of the molecule is Cc1cn2cc(-c3ccc4nc(N(C)C5CC6(C)CCC(C)(C5)N6)sc4n3)cc(C#N)c2n1. The third-order valence-corrected chi connectivity index (χ3v) is 8.44. The Labute approximate surface area is 197 Å². The van der Waals surface area contributed by atoms with Gasteiger partial charge in [0.1, 0.15) is 16.4 Å². The van der Waals surface area contributed by atoms with Crippen molar-refractivity contribution in [2.75, 3.05) is 11.9 Å². The van der Waals surface area contributed by atoms with E-state index in [4.69, 9.17) is 9.97 Å². The van der Waals surface area contributed by atoms with Gasteiger partial charge in [-0.25, -0.2) is 15.0 Å². The number of hydrogen-bond donors (Lipinski definition) is 1. The van der Waals surface area contributed by atoms with Gasteiger partial charge in [0.15, 0.2) is 10.8 Å². The lowest BCUT2D eigenvalue weighted by molar-refractivity contribution is 0.208. The molecule has 0 aromatic carbocycles. The maximum atomic E-state index is 9.61. The first-order valence-electron chi connectivity index (χ1n) is 11.4. The lowest BCUT2D eigenvalue weighted by Gasteiger charge is -2.45. The number of piperidine rings is 1. The molecule has 0 spiro atoms. The number of imidazole rings is 1. The van der Waals surface area contributed by atoms with Crippen LogP contribution in [0.25, 0.3) is 27.3 Å². The molecule has 0 radical (unpaired) electrons. The minimum absolute atomic E-state index is 0.219. The van der Waals surface area contributed by atoms with Crippen LogP contribution in [-0.4, -0.2) is 43.5 Å². The second-order valence-corrected chi connectivity index (χ2v) is 11.3. The van der Waals surface area contributed by atoms with E-state index in [1.807, 2.05) is 41.9 Å². The molecular formula is C25H27N7S. The number of hydrogen-bond acceptors (Lipinski definition) is 7. The zero-order valence-corrected chi connectivity index (χ0v) is 20.2. The van der Waals surface area contributed by atoms with Gasteiger partial charge in [-0.1, -0.05) is 11.3 Å². The smallest absolute Gasteiger partial charge is 0.187 e. The topological polar surface area (TPSA) is 82.1 Å². The zero-order valence-electron chi connectivity index (χ0n) is 19.4. The Morgan fingerprint density at radius 3 is 2.64 bits per heavy atom. The standard InChI is InChI=1S/C25H27N7S/c1-15-13-32-14-17(9-16(12-26)21(32)27-15)19-5-6-20-22(28-19)33-23(29-20)31(4)18-10-24(2)7-8-25(3,11-18)30-24/h5-6,9,13-14,18,30H,7-8,10-11H2,1-4H3. The predicted octanol–water partition coefficient (Wildman–Crippen LogP) is 4.69. The molecule has 2 aliphatic heterocycles. The van der Waals surface area contributed by atoms with Crippen LogP contribution < -0.4 is 10.2 Å². The van der Waals surface area contributed by atoms with Gasteiger partial charge in [0.25, 0.3) is 0 Å². The molecule has 1 N–H and O–H groups in total. The summed E-state index contributed by atoms with van der Waals surface area (Å²) in [6, 6.07) is 8.64. The van der Waals surface area contributed by atoms with Gasteiger partial charge < -0.3 is 14.6 Å². The highest BCUT2D eigenvalue weighted by atomic mass is 32.1. The largest absolute Gasteiger partial charge is 0.348 e. The molecule has 2 saturated heterocycles. The third kappa shape index (κ3) is 3.38. The molecule has 2 atom stereocenters. The van der Waals surface area contributed by atoms with E-state index in [0.717, 1.165) is 45.3 Å². The fraction of sp³-hybridized carbons (Fsp3) is 0.440. The van der Waals surface area contributed by atoms with E-state index in [-0.39, 0.29) is 11.1 Å². The maximum absolute atomic E-state index is 9.61. The molecule has 2 unspecified atom stereocenters. The highest BCUT2D eigenvalue weighted by molar-refractivity contribution is 7.21. The summed E-state index contributed by atoms with van der Waals surface area (Å²) < 4.78 is 1.91. The van der Waals surface area contributed by atoms with E-state index in [2.05, 4.69) is 42.2 Å². The molecular weight excluding hydrogens is 430 g/mol. The van der Waals surface area contributed by atoms with Crippen LogP contribution in [-0.2, 0) is 0 Å². The van der Waals surface area contributed by atoms with E-state index in [1.54, 1.807) is 11.3 Å². The van der Waals surface area contributed by atoms with E-state index in [1.165, 1.54) is 12.8 Å². The minimum atomic E-state index is 0.219. The van der Waals surface area contributed by atoms with Gasteiger partial charge in [0.05, 0.1) is 17.0 Å². The summed E-state index contributed by atoms with van der Waals surface area (Å²) in [6.07, 6.45) is 8.67. The van der Waals surface area contributed by atoms with Gasteiger partial charge >= 0.3 is 0 Å². The molecule has 0 aliphatic carbocycles. The molecule has 0 amide bonds. The summed E-state index contributed by atoms with van der Waals surface area (Å²) in [5, 5.41) is 14.5. The molecule has 2 aliphatic rings. The molecule has 8 heteroatoms. The minimum Gasteiger partial charge on any atom is -0.348 e. The molecule has 7 nitrogen and oxygen atoms in total. The van der Waals surface area contributed by atoms with Crippen LogP contribution in [0.1, 0.15) is 50.8 Å². The number of pyridine rings is 2. The summed E-state index contributed by atoms with van der Waals surface area (Å²) >= 11 is 1.65. The summed E-state index contributed by atoms with van der Waals surface area (Å²) in [5.74, 6) is 0. The van der Waals surface area contributed by atoms with Crippen LogP contribution in [0.15, 0.2) is 30.6 Å². The molecule has 4 aromatic heterocycles. The average Bonchev–Trinajstić information content (AvgIpc) is 3.43. The molecule has 168 valence electrons. The first-order chi connectivity index (χ1) is 15.7. The maximum Gasteiger partial charge on any atom is 0.187 e. The fourth-order valence-corrected chi connectivity index (χ4v) is 6.79. The van der Waals surface area contributed by atoms with E-state index >= 15 is 0 Å². The Hall–Kier alpha value is -3.02. The van der Waals surface area contributed by atoms with E-state index in [0.29, 0.717) is 17.3 Å². The fourth-order valence-electron chi connectivity index (χ4n) is 5.81. The Balaban J connectivity index is 1.34. The lowest BCUT2D eigenvalue weighted by atomic mass is 9.84. The lowest BCUT2D eigenvalue weighted by Crippen LogP contribution is -2.58.